The van der Waals surface area contributed by atoms with E-state index in [9.17, 15) is 13.0 Å². The summed E-state index contributed by atoms with van der Waals surface area (Å²) in [7, 11) is -5.25. The lowest BCUT2D eigenvalue weighted by molar-refractivity contribution is 0.433. The van der Waals surface area contributed by atoms with Crippen molar-refractivity contribution in [2.24, 2.45) is 0 Å². The number of aryl methyl sites for hydroxylation is 2. The van der Waals surface area contributed by atoms with Crippen molar-refractivity contribution in [3.63, 3.8) is 0 Å². The smallest absolute Gasteiger partial charge is 0.224 e. The first-order valence-electron chi connectivity index (χ1n) is 11.7. The zero-order valence-corrected chi connectivity index (χ0v) is 25.0. The highest BCUT2D eigenvalue weighted by molar-refractivity contribution is 9.10. The first-order chi connectivity index (χ1) is 17.4. The number of aromatic nitrogens is 6. The number of fused-ring (bicyclic) bond motifs is 1. The van der Waals surface area contributed by atoms with E-state index in [1.165, 1.54) is 17.6 Å². The molecule has 0 unspecified atom stereocenters. The number of rotatable bonds is 8. The van der Waals surface area contributed by atoms with Gasteiger partial charge in [-0.25, -0.2) is 18.1 Å². The van der Waals surface area contributed by atoms with Crippen molar-refractivity contribution >= 4 is 61.2 Å². The van der Waals surface area contributed by atoms with Gasteiger partial charge in [-0.15, -0.1) is 10.2 Å². The molecule has 5 rings (SSSR count). The van der Waals surface area contributed by atoms with E-state index in [2.05, 4.69) is 41.5 Å². The van der Waals surface area contributed by atoms with Gasteiger partial charge in [-0.2, -0.15) is 10.1 Å². The van der Waals surface area contributed by atoms with E-state index in [0.717, 1.165) is 45.1 Å². The van der Waals surface area contributed by atoms with E-state index >= 15 is 0 Å². The zero-order valence-electron chi connectivity index (χ0n) is 20.8. The first kappa shape index (κ1) is 26.4. The van der Waals surface area contributed by atoms with Crippen molar-refractivity contribution < 1.29 is 13.0 Å². The molecule has 1 saturated carbocycles. The van der Waals surface area contributed by atoms with Crippen LogP contribution >= 0.6 is 34.4 Å². The van der Waals surface area contributed by atoms with E-state index < -0.39 is 17.0 Å². The van der Waals surface area contributed by atoms with Crippen molar-refractivity contribution in [1.29, 1.82) is 0 Å². The molecule has 1 N–H and O–H groups in total. The Labute approximate surface area is 227 Å². The SMILES string of the molecule is Cc1nnc(-c2ccc(-n3nc(Br)c4cnc(NC5CC(P(C)(C)=O)C5)nc43)cc2CCS(C)(=O)=O)s1. The van der Waals surface area contributed by atoms with Gasteiger partial charge in [-0.3, -0.25) is 0 Å². The summed E-state index contributed by atoms with van der Waals surface area (Å²) in [6.45, 7) is 5.57. The molecule has 0 bridgehead atoms. The van der Waals surface area contributed by atoms with Crippen molar-refractivity contribution in [2.45, 2.75) is 37.9 Å². The fourth-order valence-electron chi connectivity index (χ4n) is 4.34. The highest BCUT2D eigenvalue weighted by atomic mass is 79.9. The Hall–Kier alpha value is -2.21. The number of halogens is 1. The van der Waals surface area contributed by atoms with Crippen LogP contribution in [0.15, 0.2) is 29.0 Å². The van der Waals surface area contributed by atoms with Crippen LogP contribution in [0, 0.1) is 6.92 Å². The number of benzene rings is 1. The van der Waals surface area contributed by atoms with Crippen molar-refractivity contribution in [3.8, 4) is 16.3 Å². The Morgan fingerprint density at radius 2 is 2.00 bits per heavy atom. The normalized spacial score (nSPS) is 18.2. The molecule has 0 spiro atoms. The third kappa shape index (κ3) is 5.79. The molecule has 0 amide bonds. The fraction of sp³-hybridized carbons (Fsp3) is 0.435. The molecule has 0 aliphatic heterocycles. The molecule has 4 aromatic rings. The average Bonchev–Trinajstić information content (AvgIpc) is 3.36. The van der Waals surface area contributed by atoms with E-state index in [0.29, 0.717) is 22.6 Å². The van der Waals surface area contributed by atoms with Crippen LogP contribution in [0.2, 0.25) is 0 Å². The van der Waals surface area contributed by atoms with Crippen LogP contribution < -0.4 is 5.32 Å². The monoisotopic (exact) mass is 623 g/mol. The molecule has 3 heterocycles. The number of hydrogen-bond acceptors (Lipinski definition) is 10. The summed E-state index contributed by atoms with van der Waals surface area (Å²) in [4.78, 5) is 9.20. The predicted octanol–water partition coefficient (Wildman–Crippen LogP) is 4.56. The molecule has 14 heteroatoms. The number of anilines is 1. The largest absolute Gasteiger partial charge is 0.351 e. The Morgan fingerprint density at radius 1 is 1.24 bits per heavy atom. The summed E-state index contributed by atoms with van der Waals surface area (Å²) in [6, 6.07) is 5.97. The van der Waals surface area contributed by atoms with Gasteiger partial charge in [0, 0.05) is 29.7 Å². The molecule has 0 radical (unpaired) electrons. The Balaban J connectivity index is 1.50. The van der Waals surface area contributed by atoms with Crippen LogP contribution in [0.25, 0.3) is 27.3 Å². The maximum Gasteiger partial charge on any atom is 0.224 e. The van der Waals surface area contributed by atoms with Crippen LogP contribution in [-0.4, -0.2) is 75.4 Å². The lowest BCUT2D eigenvalue weighted by Crippen LogP contribution is -2.39. The minimum Gasteiger partial charge on any atom is -0.351 e. The molecule has 37 heavy (non-hydrogen) atoms. The molecule has 1 fully saturated rings. The third-order valence-electron chi connectivity index (χ3n) is 6.54. The summed E-state index contributed by atoms with van der Waals surface area (Å²) in [5, 5.41) is 18.7. The van der Waals surface area contributed by atoms with Crippen LogP contribution in [0.1, 0.15) is 23.4 Å². The van der Waals surface area contributed by atoms with Gasteiger partial charge < -0.3 is 9.88 Å². The molecular formula is C23H27BrN7O3PS2. The summed E-state index contributed by atoms with van der Waals surface area (Å²) >= 11 is 4.98. The standard InChI is InChI=1S/C23H27BrN7O3PS2/c1-13-28-29-22(36-13)18-6-5-16(9-14(18)7-8-37(4,33)34)31-21-19(20(24)30-31)12-25-23(27-21)26-15-10-17(11-15)35(2,3)32/h5-6,9,12,15,17H,7-8,10-11H2,1-4H3,(H,25,26,27). The lowest BCUT2D eigenvalue weighted by Gasteiger charge is -2.38. The minimum absolute atomic E-state index is 0.0197. The first-order valence-corrected chi connectivity index (χ1v) is 18.1. The highest BCUT2D eigenvalue weighted by Gasteiger charge is 2.37. The summed E-state index contributed by atoms with van der Waals surface area (Å²) in [5.41, 5.74) is 3.31. The number of hydrogen-bond donors (Lipinski definition) is 1. The zero-order chi connectivity index (χ0) is 26.5. The van der Waals surface area contributed by atoms with Crippen molar-refractivity contribution in [2.75, 3.05) is 30.7 Å². The van der Waals surface area contributed by atoms with E-state index in [1.54, 1.807) is 10.9 Å². The van der Waals surface area contributed by atoms with Gasteiger partial charge in [-0.1, -0.05) is 11.3 Å². The van der Waals surface area contributed by atoms with Gasteiger partial charge in [0.15, 0.2) is 5.65 Å². The third-order valence-corrected chi connectivity index (χ3v) is 11.1. The molecule has 10 nitrogen and oxygen atoms in total. The van der Waals surface area contributed by atoms with Gasteiger partial charge in [0.2, 0.25) is 5.95 Å². The highest BCUT2D eigenvalue weighted by Crippen LogP contribution is 2.52. The number of nitrogens with zero attached hydrogens (tertiary/aromatic N) is 6. The molecule has 3 aromatic heterocycles. The van der Waals surface area contributed by atoms with Crippen LogP contribution in [0.4, 0.5) is 5.95 Å². The predicted molar refractivity (Wildman–Crippen MR) is 151 cm³/mol. The number of nitrogens with one attached hydrogen (secondary N) is 1. The number of sulfone groups is 1. The summed E-state index contributed by atoms with van der Waals surface area (Å²) in [6.07, 6.45) is 4.97. The summed E-state index contributed by atoms with van der Waals surface area (Å²) < 4.78 is 38.5. The molecular weight excluding hydrogens is 597 g/mol. The Bertz CT molecular complexity index is 1640. The van der Waals surface area contributed by atoms with Crippen molar-refractivity contribution in [3.05, 3.63) is 39.6 Å². The molecule has 1 aliphatic rings. The van der Waals surface area contributed by atoms with Crippen molar-refractivity contribution in [1.82, 2.24) is 29.9 Å². The molecule has 0 atom stereocenters. The molecule has 1 aliphatic carbocycles. The topological polar surface area (TPSA) is 133 Å². The second kappa shape index (κ2) is 9.83. The van der Waals surface area contributed by atoms with Gasteiger partial charge in [0.25, 0.3) is 0 Å². The molecule has 1 aromatic carbocycles. The second-order valence-corrected chi connectivity index (χ2v) is 17.7. The maximum absolute atomic E-state index is 12.3. The Morgan fingerprint density at radius 3 is 2.65 bits per heavy atom. The van der Waals surface area contributed by atoms with Gasteiger partial charge in [0.1, 0.15) is 24.5 Å². The van der Waals surface area contributed by atoms with Gasteiger partial charge in [-0.05, 0) is 79.2 Å². The second-order valence-electron chi connectivity index (χ2n) is 9.88. The van der Waals surface area contributed by atoms with E-state index in [4.69, 9.17) is 4.98 Å². The van der Waals surface area contributed by atoms with Crippen LogP contribution in [0.3, 0.4) is 0 Å². The molecule has 0 saturated heterocycles. The average molecular weight is 625 g/mol. The van der Waals surface area contributed by atoms with Crippen LogP contribution in [-0.2, 0) is 20.8 Å². The van der Waals surface area contributed by atoms with E-state index in [-0.39, 0.29) is 17.5 Å². The minimum atomic E-state index is -3.16. The quantitative estimate of drug-likeness (QED) is 0.280. The molecule has 196 valence electrons. The maximum atomic E-state index is 12.3. The van der Waals surface area contributed by atoms with Gasteiger partial charge in [0.05, 0.1) is 24.0 Å². The summed E-state index contributed by atoms with van der Waals surface area (Å²) in [5.74, 6) is 0.510. The van der Waals surface area contributed by atoms with Crippen LogP contribution in [0.5, 0.6) is 0 Å². The fourth-order valence-corrected chi connectivity index (χ4v) is 7.65. The van der Waals surface area contributed by atoms with Gasteiger partial charge >= 0.3 is 0 Å². The lowest BCUT2D eigenvalue weighted by atomic mass is 9.92. The Kier molecular flexibility index (Phi) is 7.01. The van der Waals surface area contributed by atoms with E-state index in [1.807, 2.05) is 38.5 Å².